The van der Waals surface area contributed by atoms with Gasteiger partial charge in [0.15, 0.2) is 0 Å². The van der Waals surface area contributed by atoms with E-state index >= 15 is 0 Å². The van der Waals surface area contributed by atoms with Crippen LogP contribution in [0.1, 0.15) is 30.9 Å². The highest BCUT2D eigenvalue weighted by molar-refractivity contribution is 5.34. The molecule has 0 aliphatic carbocycles. The Kier molecular flexibility index (Phi) is 3.83. The second-order valence-electron chi connectivity index (χ2n) is 4.85. The molecular formula is C15H19NO. The summed E-state index contributed by atoms with van der Waals surface area (Å²) in [5, 5.41) is 9.69. The molecule has 1 aromatic carbocycles. The molecule has 1 fully saturated rings. The molecule has 90 valence electrons. The van der Waals surface area contributed by atoms with Gasteiger partial charge in [-0.2, -0.15) is 0 Å². The van der Waals surface area contributed by atoms with E-state index in [2.05, 4.69) is 29.9 Å². The molecule has 0 bridgehead atoms. The normalized spacial score (nSPS) is 25.5. The molecule has 0 saturated carbocycles. The zero-order valence-electron chi connectivity index (χ0n) is 10.3. The fraction of sp³-hybridized carbons (Fsp3) is 0.467. The highest BCUT2D eigenvalue weighted by Gasteiger charge is 2.23. The van der Waals surface area contributed by atoms with Gasteiger partial charge in [0.05, 0.1) is 6.10 Å². The first-order chi connectivity index (χ1) is 8.19. The van der Waals surface area contributed by atoms with Gasteiger partial charge in [0.1, 0.15) is 0 Å². The molecule has 0 unspecified atom stereocenters. The number of hydrogen-bond acceptors (Lipinski definition) is 2. The van der Waals surface area contributed by atoms with Gasteiger partial charge in [-0.3, -0.25) is 4.90 Å². The summed E-state index contributed by atoms with van der Waals surface area (Å²) in [7, 11) is 0. The molecule has 2 heteroatoms. The van der Waals surface area contributed by atoms with Crippen molar-refractivity contribution < 1.29 is 5.11 Å². The third kappa shape index (κ3) is 3.09. The number of aliphatic hydroxyl groups is 1. The molecular weight excluding hydrogens is 210 g/mol. The fourth-order valence-corrected chi connectivity index (χ4v) is 2.32. The number of benzene rings is 1. The molecule has 17 heavy (non-hydrogen) atoms. The Bertz CT molecular complexity index is 404. The van der Waals surface area contributed by atoms with E-state index in [0.29, 0.717) is 6.04 Å². The SMILES string of the molecule is C#Cc1ccc(CN2C[C@H](O)CC[C@H]2C)cc1. The number of hydrogen-bond donors (Lipinski definition) is 1. The lowest BCUT2D eigenvalue weighted by atomic mass is 10.0. The number of terminal acetylenes is 1. The Morgan fingerprint density at radius 3 is 2.71 bits per heavy atom. The van der Waals surface area contributed by atoms with Crippen molar-refractivity contribution in [3.63, 3.8) is 0 Å². The molecule has 0 radical (unpaired) electrons. The van der Waals surface area contributed by atoms with Crippen LogP contribution in [0.15, 0.2) is 24.3 Å². The van der Waals surface area contributed by atoms with Gasteiger partial charge in [-0.05, 0) is 37.5 Å². The van der Waals surface area contributed by atoms with E-state index in [1.165, 1.54) is 5.56 Å². The maximum absolute atomic E-state index is 9.69. The first kappa shape index (κ1) is 12.2. The topological polar surface area (TPSA) is 23.5 Å². The summed E-state index contributed by atoms with van der Waals surface area (Å²) in [6.07, 6.45) is 7.16. The Labute approximate surface area is 103 Å². The molecule has 1 aliphatic rings. The highest BCUT2D eigenvalue weighted by atomic mass is 16.3. The minimum atomic E-state index is -0.170. The molecule has 0 aromatic heterocycles. The van der Waals surface area contributed by atoms with Crippen molar-refractivity contribution in [2.45, 2.75) is 38.5 Å². The van der Waals surface area contributed by atoms with Crippen molar-refractivity contribution in [2.75, 3.05) is 6.54 Å². The highest BCUT2D eigenvalue weighted by Crippen LogP contribution is 2.19. The number of rotatable bonds is 2. The van der Waals surface area contributed by atoms with E-state index in [0.717, 1.165) is 31.5 Å². The summed E-state index contributed by atoms with van der Waals surface area (Å²) >= 11 is 0. The lowest BCUT2D eigenvalue weighted by Gasteiger charge is -2.36. The molecule has 2 atom stereocenters. The molecule has 2 rings (SSSR count). The van der Waals surface area contributed by atoms with E-state index in [-0.39, 0.29) is 6.10 Å². The zero-order valence-corrected chi connectivity index (χ0v) is 10.3. The van der Waals surface area contributed by atoms with Gasteiger partial charge in [0, 0.05) is 24.7 Å². The zero-order chi connectivity index (χ0) is 12.3. The summed E-state index contributed by atoms with van der Waals surface area (Å²) in [5.41, 5.74) is 2.17. The standard InChI is InChI=1S/C15H19NO/c1-3-13-5-7-14(8-6-13)10-16-11-15(17)9-4-12(16)2/h1,5-8,12,15,17H,4,9-11H2,2H3/t12-,15-/m1/s1. The van der Waals surface area contributed by atoms with Gasteiger partial charge in [-0.1, -0.05) is 18.1 Å². The van der Waals surface area contributed by atoms with Crippen LogP contribution >= 0.6 is 0 Å². The second-order valence-corrected chi connectivity index (χ2v) is 4.85. The van der Waals surface area contributed by atoms with Crippen molar-refractivity contribution in [2.24, 2.45) is 0 Å². The summed E-state index contributed by atoms with van der Waals surface area (Å²) in [5.74, 6) is 2.62. The summed E-state index contributed by atoms with van der Waals surface area (Å²) < 4.78 is 0. The van der Waals surface area contributed by atoms with Gasteiger partial charge in [-0.25, -0.2) is 0 Å². The van der Waals surface area contributed by atoms with Gasteiger partial charge in [-0.15, -0.1) is 6.42 Å². The molecule has 1 aromatic rings. The second kappa shape index (κ2) is 5.35. The maximum atomic E-state index is 9.69. The Hall–Kier alpha value is -1.30. The monoisotopic (exact) mass is 229 g/mol. The van der Waals surface area contributed by atoms with Crippen LogP contribution in [0.3, 0.4) is 0 Å². The number of nitrogens with zero attached hydrogens (tertiary/aromatic N) is 1. The maximum Gasteiger partial charge on any atom is 0.0668 e. The molecule has 0 amide bonds. The van der Waals surface area contributed by atoms with Crippen molar-refractivity contribution >= 4 is 0 Å². The first-order valence-electron chi connectivity index (χ1n) is 6.16. The largest absolute Gasteiger partial charge is 0.392 e. The Morgan fingerprint density at radius 1 is 1.35 bits per heavy atom. The number of β-amino-alcohol motifs (C(OH)–C–C–N with tert-alkyl or cyclic N) is 1. The molecule has 1 heterocycles. The van der Waals surface area contributed by atoms with Gasteiger partial charge in [0.25, 0.3) is 0 Å². The van der Waals surface area contributed by atoms with E-state index in [4.69, 9.17) is 6.42 Å². The van der Waals surface area contributed by atoms with Crippen LogP contribution in [0.4, 0.5) is 0 Å². The lowest BCUT2D eigenvalue weighted by Crippen LogP contribution is -2.43. The predicted octanol–water partition coefficient (Wildman–Crippen LogP) is 2.01. The van der Waals surface area contributed by atoms with Crippen LogP contribution in [0.25, 0.3) is 0 Å². The molecule has 2 nitrogen and oxygen atoms in total. The number of aliphatic hydroxyl groups excluding tert-OH is 1. The average molecular weight is 229 g/mol. The molecule has 1 N–H and O–H groups in total. The summed E-state index contributed by atoms with van der Waals surface area (Å²) in [6, 6.07) is 8.64. The van der Waals surface area contributed by atoms with Crippen LogP contribution in [-0.4, -0.2) is 28.7 Å². The minimum Gasteiger partial charge on any atom is -0.392 e. The van der Waals surface area contributed by atoms with E-state index in [1.807, 2.05) is 12.1 Å². The van der Waals surface area contributed by atoms with Crippen molar-refractivity contribution in [3.05, 3.63) is 35.4 Å². The Morgan fingerprint density at radius 2 is 2.06 bits per heavy atom. The predicted molar refractivity (Wildman–Crippen MR) is 69.5 cm³/mol. The van der Waals surface area contributed by atoms with Crippen LogP contribution in [0, 0.1) is 12.3 Å². The minimum absolute atomic E-state index is 0.170. The number of likely N-dealkylation sites (tertiary alicyclic amines) is 1. The van der Waals surface area contributed by atoms with E-state index in [9.17, 15) is 5.11 Å². The molecule has 1 saturated heterocycles. The van der Waals surface area contributed by atoms with Crippen molar-refractivity contribution in [1.29, 1.82) is 0 Å². The average Bonchev–Trinajstić information content (AvgIpc) is 2.35. The summed E-state index contributed by atoms with van der Waals surface area (Å²) in [4.78, 5) is 2.33. The number of piperidine rings is 1. The first-order valence-corrected chi connectivity index (χ1v) is 6.16. The van der Waals surface area contributed by atoms with Crippen LogP contribution < -0.4 is 0 Å². The molecule has 0 spiro atoms. The summed E-state index contributed by atoms with van der Waals surface area (Å²) in [6.45, 7) is 3.89. The Balaban J connectivity index is 2.01. The van der Waals surface area contributed by atoms with Gasteiger partial charge < -0.3 is 5.11 Å². The van der Waals surface area contributed by atoms with Gasteiger partial charge >= 0.3 is 0 Å². The van der Waals surface area contributed by atoms with Gasteiger partial charge in [0.2, 0.25) is 0 Å². The van der Waals surface area contributed by atoms with Crippen LogP contribution in [-0.2, 0) is 6.54 Å². The third-order valence-corrected chi connectivity index (χ3v) is 3.49. The van der Waals surface area contributed by atoms with Crippen molar-refractivity contribution in [1.82, 2.24) is 4.90 Å². The lowest BCUT2D eigenvalue weighted by molar-refractivity contribution is 0.0365. The molecule has 1 aliphatic heterocycles. The van der Waals surface area contributed by atoms with E-state index in [1.54, 1.807) is 0 Å². The fourth-order valence-electron chi connectivity index (χ4n) is 2.32. The quantitative estimate of drug-likeness (QED) is 0.784. The van der Waals surface area contributed by atoms with Crippen LogP contribution in [0.5, 0.6) is 0 Å². The smallest absolute Gasteiger partial charge is 0.0668 e. The van der Waals surface area contributed by atoms with Crippen molar-refractivity contribution in [3.8, 4) is 12.3 Å². The third-order valence-electron chi connectivity index (χ3n) is 3.49. The van der Waals surface area contributed by atoms with E-state index < -0.39 is 0 Å². The van der Waals surface area contributed by atoms with Crippen LogP contribution in [0.2, 0.25) is 0 Å².